The van der Waals surface area contributed by atoms with E-state index in [0.717, 1.165) is 25.2 Å². The molecule has 0 unspecified atom stereocenters. The van der Waals surface area contributed by atoms with Crippen molar-refractivity contribution in [3.8, 4) is 0 Å². The molecule has 1 N–H and O–H groups in total. The molecule has 0 spiro atoms. The fraction of sp³-hybridized carbons (Fsp3) is 0.632. The molecule has 0 atom stereocenters. The van der Waals surface area contributed by atoms with Gasteiger partial charge in [-0.15, -0.1) is 0 Å². The summed E-state index contributed by atoms with van der Waals surface area (Å²) < 4.78 is 13.0. The lowest BCUT2D eigenvalue weighted by Crippen LogP contribution is -2.56. The van der Waals surface area contributed by atoms with Crippen LogP contribution in [0, 0.1) is 11.2 Å². The lowest BCUT2D eigenvalue weighted by Gasteiger charge is -2.39. The van der Waals surface area contributed by atoms with Crippen molar-refractivity contribution in [2.45, 2.75) is 46.6 Å². The average molecular weight is 335 g/mol. The van der Waals surface area contributed by atoms with Gasteiger partial charge in [0.15, 0.2) is 0 Å². The molecule has 1 saturated heterocycles. The Morgan fingerprint density at radius 2 is 1.58 bits per heavy atom. The van der Waals surface area contributed by atoms with E-state index in [1.807, 2.05) is 4.90 Å². The van der Waals surface area contributed by atoms with E-state index in [9.17, 15) is 9.18 Å². The predicted octanol–water partition coefficient (Wildman–Crippen LogP) is 3.87. The van der Waals surface area contributed by atoms with Crippen molar-refractivity contribution in [2.75, 3.05) is 31.1 Å². The second-order valence-corrected chi connectivity index (χ2v) is 8.50. The molecule has 1 aliphatic rings. The van der Waals surface area contributed by atoms with Gasteiger partial charge in [0.2, 0.25) is 0 Å². The van der Waals surface area contributed by atoms with Gasteiger partial charge in [0.05, 0.1) is 0 Å². The number of carbonyl (C=O) groups is 1. The third kappa shape index (κ3) is 5.39. The molecule has 5 heteroatoms. The van der Waals surface area contributed by atoms with Gasteiger partial charge in [0.25, 0.3) is 0 Å². The van der Waals surface area contributed by atoms with Gasteiger partial charge in [-0.25, -0.2) is 9.18 Å². The summed E-state index contributed by atoms with van der Waals surface area (Å²) in [6, 6.07) is 6.53. The zero-order valence-electron chi connectivity index (χ0n) is 15.5. The van der Waals surface area contributed by atoms with Crippen LogP contribution in [0.3, 0.4) is 0 Å². The minimum atomic E-state index is -0.233. The molecule has 0 aliphatic carbocycles. The predicted molar refractivity (Wildman–Crippen MR) is 96.9 cm³/mol. The number of anilines is 1. The molecule has 1 aromatic rings. The Balaban J connectivity index is 1.87. The fourth-order valence-electron chi connectivity index (χ4n) is 3.56. The van der Waals surface area contributed by atoms with Crippen molar-refractivity contribution in [2.24, 2.45) is 5.41 Å². The largest absolute Gasteiger partial charge is 0.368 e. The highest BCUT2D eigenvalue weighted by Crippen LogP contribution is 2.27. The van der Waals surface area contributed by atoms with Crippen LogP contribution in [0.2, 0.25) is 0 Å². The summed E-state index contributed by atoms with van der Waals surface area (Å²) >= 11 is 0. The monoisotopic (exact) mass is 335 g/mol. The molecule has 134 valence electrons. The van der Waals surface area contributed by atoms with E-state index >= 15 is 0 Å². The summed E-state index contributed by atoms with van der Waals surface area (Å²) in [5.41, 5.74) is 0.936. The molecule has 2 amide bonds. The van der Waals surface area contributed by atoms with Crippen LogP contribution in [0.25, 0.3) is 0 Å². The quantitative estimate of drug-likeness (QED) is 0.910. The van der Waals surface area contributed by atoms with Crippen molar-refractivity contribution < 1.29 is 9.18 Å². The first kappa shape index (κ1) is 18.6. The van der Waals surface area contributed by atoms with E-state index in [4.69, 9.17) is 0 Å². The first-order chi connectivity index (χ1) is 11.1. The summed E-state index contributed by atoms with van der Waals surface area (Å²) in [4.78, 5) is 16.6. The number of urea groups is 1. The van der Waals surface area contributed by atoms with Crippen LogP contribution in [0.15, 0.2) is 24.3 Å². The van der Waals surface area contributed by atoms with Gasteiger partial charge in [-0.1, -0.05) is 20.8 Å². The molecule has 0 saturated carbocycles. The Hall–Kier alpha value is -1.78. The number of halogens is 1. The fourth-order valence-corrected chi connectivity index (χ4v) is 3.56. The van der Waals surface area contributed by atoms with E-state index in [0.29, 0.717) is 13.1 Å². The number of amides is 2. The van der Waals surface area contributed by atoms with Gasteiger partial charge in [-0.3, -0.25) is 0 Å². The zero-order chi connectivity index (χ0) is 18.0. The summed E-state index contributed by atoms with van der Waals surface area (Å²) in [5, 5.41) is 3.16. The summed E-state index contributed by atoms with van der Waals surface area (Å²) in [7, 11) is 0. The molecule has 2 rings (SSSR count). The van der Waals surface area contributed by atoms with Gasteiger partial charge < -0.3 is 15.1 Å². The number of rotatable bonds is 3. The van der Waals surface area contributed by atoms with E-state index in [1.54, 1.807) is 12.1 Å². The first-order valence-electron chi connectivity index (χ1n) is 8.63. The average Bonchev–Trinajstić information content (AvgIpc) is 2.45. The van der Waals surface area contributed by atoms with Crippen molar-refractivity contribution >= 4 is 11.7 Å². The normalized spacial score (nSPS) is 16.2. The van der Waals surface area contributed by atoms with Crippen LogP contribution in [0.1, 0.15) is 41.0 Å². The number of nitrogens with one attached hydrogen (secondary N) is 1. The number of piperazine rings is 1. The Kier molecular flexibility index (Phi) is 5.41. The van der Waals surface area contributed by atoms with Crippen molar-refractivity contribution in [1.29, 1.82) is 0 Å². The highest BCUT2D eigenvalue weighted by molar-refractivity contribution is 5.75. The minimum absolute atomic E-state index is 0.00278. The molecule has 0 aromatic heterocycles. The van der Waals surface area contributed by atoms with E-state index < -0.39 is 0 Å². The molecule has 4 nitrogen and oxygen atoms in total. The van der Waals surface area contributed by atoms with Gasteiger partial charge in [-0.2, -0.15) is 0 Å². The van der Waals surface area contributed by atoms with Gasteiger partial charge in [0.1, 0.15) is 5.82 Å². The Morgan fingerprint density at radius 1 is 1.04 bits per heavy atom. The van der Waals surface area contributed by atoms with E-state index in [2.05, 4.69) is 44.8 Å². The molecule has 0 radical (unpaired) electrons. The summed E-state index contributed by atoms with van der Waals surface area (Å²) in [6.07, 6.45) is 0.918. The maximum atomic E-state index is 13.0. The third-order valence-electron chi connectivity index (χ3n) is 4.18. The molecule has 1 heterocycles. The smallest absolute Gasteiger partial charge is 0.317 e. The lowest BCUT2D eigenvalue weighted by atomic mass is 9.82. The maximum absolute atomic E-state index is 13.0. The molecule has 24 heavy (non-hydrogen) atoms. The topological polar surface area (TPSA) is 35.6 Å². The molecule has 1 aromatic carbocycles. The van der Waals surface area contributed by atoms with Crippen LogP contribution in [0.4, 0.5) is 14.9 Å². The van der Waals surface area contributed by atoms with Crippen molar-refractivity contribution in [3.05, 3.63) is 30.1 Å². The second-order valence-electron chi connectivity index (χ2n) is 8.50. The maximum Gasteiger partial charge on any atom is 0.317 e. The Morgan fingerprint density at radius 3 is 2.08 bits per heavy atom. The number of nitrogens with zero attached hydrogens (tertiary/aromatic N) is 2. The highest BCUT2D eigenvalue weighted by atomic mass is 19.1. The second kappa shape index (κ2) is 6.99. The SMILES string of the molecule is CC(C)(C)CC(C)(C)NC(=O)N1CCN(c2ccc(F)cc2)CC1. The summed E-state index contributed by atoms with van der Waals surface area (Å²) in [5.74, 6) is -0.224. The lowest BCUT2D eigenvalue weighted by molar-refractivity contribution is 0.172. The van der Waals surface area contributed by atoms with Gasteiger partial charge in [0, 0.05) is 37.4 Å². The highest BCUT2D eigenvalue weighted by Gasteiger charge is 2.30. The van der Waals surface area contributed by atoms with Crippen LogP contribution in [0.5, 0.6) is 0 Å². The van der Waals surface area contributed by atoms with Crippen LogP contribution in [-0.2, 0) is 0 Å². The van der Waals surface area contributed by atoms with Crippen molar-refractivity contribution in [1.82, 2.24) is 10.2 Å². The minimum Gasteiger partial charge on any atom is -0.368 e. The molecule has 1 fully saturated rings. The Labute approximate surface area is 145 Å². The standard InChI is InChI=1S/C19H30FN3O/c1-18(2,3)14-19(4,5)21-17(24)23-12-10-22(11-13-23)16-8-6-15(20)7-9-16/h6-9H,10-14H2,1-5H3,(H,21,24). The van der Waals surface area contributed by atoms with Gasteiger partial charge >= 0.3 is 6.03 Å². The summed E-state index contributed by atoms with van der Waals surface area (Å²) in [6.45, 7) is 13.6. The number of benzene rings is 1. The van der Waals surface area contributed by atoms with Crippen molar-refractivity contribution in [3.63, 3.8) is 0 Å². The third-order valence-corrected chi connectivity index (χ3v) is 4.18. The Bertz CT molecular complexity index is 555. The van der Waals surface area contributed by atoms with Gasteiger partial charge in [-0.05, 0) is 49.9 Å². The molecular weight excluding hydrogens is 305 g/mol. The van der Waals surface area contributed by atoms with Crippen LogP contribution < -0.4 is 10.2 Å². The van der Waals surface area contributed by atoms with E-state index in [1.165, 1.54) is 12.1 Å². The molecular formula is C19H30FN3O. The molecule has 1 aliphatic heterocycles. The number of hydrogen-bond donors (Lipinski definition) is 1. The first-order valence-corrected chi connectivity index (χ1v) is 8.63. The number of carbonyl (C=O) groups excluding carboxylic acids is 1. The van der Waals surface area contributed by atoms with Crippen LogP contribution in [-0.4, -0.2) is 42.6 Å². The zero-order valence-corrected chi connectivity index (χ0v) is 15.5. The number of hydrogen-bond acceptors (Lipinski definition) is 2. The van der Waals surface area contributed by atoms with E-state index in [-0.39, 0.29) is 22.8 Å². The molecule has 0 bridgehead atoms. The van der Waals surface area contributed by atoms with Crippen LogP contribution >= 0.6 is 0 Å².